The Balaban J connectivity index is 1.59. The van der Waals surface area contributed by atoms with Gasteiger partial charge < -0.3 is 15.3 Å². The SMILES string of the molecule is O=S(=O)(O)c1ccc2c(-c3nc(-c4c(O)ccc5cc(S(=O)(=O)O)ccc45)nc(-c4c(O)ccc5cc(S(=O)(=O)O)ccc45)n3)c(O)ccc2c1. The minimum absolute atomic E-state index is 0.0546. The summed E-state index contributed by atoms with van der Waals surface area (Å²) in [6.45, 7) is 0. The van der Waals surface area contributed by atoms with Gasteiger partial charge in [0.2, 0.25) is 0 Å². The summed E-state index contributed by atoms with van der Waals surface area (Å²) in [5.41, 5.74) is -0.164. The molecule has 0 atom stereocenters. The second-order valence-corrected chi connectivity index (χ2v) is 15.5. The monoisotopic (exact) mass is 747 g/mol. The van der Waals surface area contributed by atoms with Crippen LogP contribution in [0, 0.1) is 0 Å². The first-order valence-corrected chi connectivity index (χ1v) is 18.7. The van der Waals surface area contributed by atoms with Crippen molar-refractivity contribution in [2.24, 2.45) is 0 Å². The van der Waals surface area contributed by atoms with Gasteiger partial charge in [-0.3, -0.25) is 13.7 Å². The van der Waals surface area contributed by atoms with Gasteiger partial charge in [0.25, 0.3) is 30.4 Å². The molecule has 51 heavy (non-hydrogen) atoms. The van der Waals surface area contributed by atoms with Crippen LogP contribution in [-0.4, -0.2) is 69.2 Å². The molecule has 0 fully saturated rings. The van der Waals surface area contributed by atoms with Crippen molar-refractivity contribution >= 4 is 62.7 Å². The van der Waals surface area contributed by atoms with E-state index >= 15 is 0 Å². The first-order chi connectivity index (χ1) is 23.9. The van der Waals surface area contributed by atoms with E-state index in [4.69, 9.17) is 0 Å². The smallest absolute Gasteiger partial charge is 0.294 e. The minimum Gasteiger partial charge on any atom is -0.507 e. The molecule has 0 spiro atoms. The van der Waals surface area contributed by atoms with E-state index in [1.54, 1.807) is 0 Å². The lowest BCUT2D eigenvalue weighted by molar-refractivity contribution is 0.477. The largest absolute Gasteiger partial charge is 0.507 e. The fourth-order valence-corrected chi connectivity index (χ4v) is 7.33. The highest BCUT2D eigenvalue weighted by Crippen LogP contribution is 2.42. The molecule has 1 heterocycles. The molecule has 0 amide bonds. The second kappa shape index (κ2) is 11.7. The van der Waals surface area contributed by atoms with Crippen LogP contribution in [0.4, 0.5) is 0 Å². The topological polar surface area (TPSA) is 262 Å². The summed E-state index contributed by atoms with van der Waals surface area (Å²) < 4.78 is 100. The fourth-order valence-electron chi connectivity index (χ4n) is 5.79. The van der Waals surface area contributed by atoms with Gasteiger partial charge in [0.05, 0.1) is 31.4 Å². The molecule has 0 saturated heterocycles. The molecule has 6 N–H and O–H groups in total. The third-order valence-electron chi connectivity index (χ3n) is 8.11. The summed E-state index contributed by atoms with van der Waals surface area (Å²) in [6.07, 6.45) is 0. The van der Waals surface area contributed by atoms with Crippen molar-refractivity contribution < 1.29 is 54.2 Å². The molecule has 0 unspecified atom stereocenters. The lowest BCUT2D eigenvalue weighted by Gasteiger charge is -2.15. The van der Waals surface area contributed by atoms with Crippen LogP contribution in [0.15, 0.2) is 106 Å². The summed E-state index contributed by atoms with van der Waals surface area (Å²) in [4.78, 5) is 12.3. The normalized spacial score (nSPS) is 12.5. The minimum atomic E-state index is -4.61. The summed E-state index contributed by atoms with van der Waals surface area (Å²) in [5.74, 6) is -1.92. The number of hydrogen-bond donors (Lipinski definition) is 6. The van der Waals surface area contributed by atoms with Gasteiger partial charge in [0.15, 0.2) is 17.5 Å². The third kappa shape index (κ3) is 6.05. The Morgan fingerprint density at radius 1 is 0.373 bits per heavy atom. The molecule has 18 heteroatoms. The van der Waals surface area contributed by atoms with Crippen molar-refractivity contribution in [3.63, 3.8) is 0 Å². The van der Waals surface area contributed by atoms with E-state index in [0.29, 0.717) is 0 Å². The van der Waals surface area contributed by atoms with E-state index in [-0.39, 0.29) is 83.7 Å². The number of hydrogen-bond acceptors (Lipinski definition) is 12. The Labute approximate surface area is 288 Å². The van der Waals surface area contributed by atoms with E-state index in [1.807, 2.05) is 0 Å². The zero-order chi connectivity index (χ0) is 36.6. The van der Waals surface area contributed by atoms with Crippen LogP contribution in [0.1, 0.15) is 0 Å². The lowest BCUT2D eigenvalue weighted by atomic mass is 10.00. The molecule has 0 saturated carbocycles. The average Bonchev–Trinajstić information content (AvgIpc) is 3.06. The predicted octanol–water partition coefficient (Wildman–Crippen LogP) is 5.19. The van der Waals surface area contributed by atoms with Gasteiger partial charge >= 0.3 is 0 Å². The van der Waals surface area contributed by atoms with Crippen molar-refractivity contribution in [2.75, 3.05) is 0 Å². The van der Waals surface area contributed by atoms with Crippen molar-refractivity contribution in [3.8, 4) is 51.4 Å². The highest BCUT2D eigenvalue weighted by atomic mass is 32.2. The van der Waals surface area contributed by atoms with Gasteiger partial charge in [-0.05, 0) is 86.9 Å². The molecule has 15 nitrogen and oxygen atoms in total. The molecule has 7 aromatic rings. The van der Waals surface area contributed by atoms with Crippen LogP contribution in [0.2, 0.25) is 0 Å². The maximum Gasteiger partial charge on any atom is 0.294 e. The van der Waals surface area contributed by atoms with E-state index in [1.165, 1.54) is 54.6 Å². The number of nitrogens with zero attached hydrogens (tertiary/aromatic N) is 3. The van der Waals surface area contributed by atoms with Crippen molar-refractivity contribution in [3.05, 3.63) is 91.0 Å². The van der Waals surface area contributed by atoms with Crippen LogP contribution < -0.4 is 0 Å². The molecule has 258 valence electrons. The lowest BCUT2D eigenvalue weighted by Crippen LogP contribution is -2.03. The molecule has 0 aliphatic rings. The van der Waals surface area contributed by atoms with Crippen molar-refractivity contribution in [1.82, 2.24) is 15.0 Å². The molecule has 0 radical (unpaired) electrons. The summed E-state index contributed by atoms with van der Waals surface area (Å²) in [5, 5.41) is 34.8. The summed E-state index contributed by atoms with van der Waals surface area (Å²) in [6, 6.07) is 18.5. The molecule has 6 aromatic carbocycles. The maximum atomic E-state index is 11.9. The van der Waals surface area contributed by atoms with Crippen LogP contribution in [0.3, 0.4) is 0 Å². The highest BCUT2D eigenvalue weighted by Gasteiger charge is 2.24. The Bertz CT molecular complexity index is 2660. The number of aromatic hydroxyl groups is 3. The van der Waals surface area contributed by atoms with E-state index < -0.39 is 45.0 Å². The van der Waals surface area contributed by atoms with Crippen LogP contribution >= 0.6 is 0 Å². The quantitative estimate of drug-likeness (QED) is 0.120. The Morgan fingerprint density at radius 3 is 0.863 bits per heavy atom. The highest BCUT2D eigenvalue weighted by molar-refractivity contribution is 7.86. The van der Waals surface area contributed by atoms with Crippen LogP contribution in [-0.2, 0) is 30.4 Å². The zero-order valence-corrected chi connectivity index (χ0v) is 27.8. The molecule has 1 aromatic heterocycles. The maximum absolute atomic E-state index is 11.9. The number of fused-ring (bicyclic) bond motifs is 3. The van der Waals surface area contributed by atoms with E-state index in [9.17, 15) is 54.2 Å². The first kappa shape index (κ1) is 33.7. The van der Waals surface area contributed by atoms with Gasteiger partial charge in [-0.2, -0.15) is 25.3 Å². The Hall–Kier alpha value is -5.76. The molecule has 7 rings (SSSR count). The van der Waals surface area contributed by atoms with Crippen molar-refractivity contribution in [2.45, 2.75) is 14.7 Å². The van der Waals surface area contributed by atoms with E-state index in [2.05, 4.69) is 15.0 Å². The molecule has 0 aliphatic carbocycles. The van der Waals surface area contributed by atoms with Crippen LogP contribution in [0.5, 0.6) is 17.2 Å². The molecule has 0 aliphatic heterocycles. The van der Waals surface area contributed by atoms with E-state index in [0.717, 1.165) is 36.4 Å². The number of benzene rings is 6. The van der Waals surface area contributed by atoms with Gasteiger partial charge in [0, 0.05) is 0 Å². The fraction of sp³-hybridized carbons (Fsp3) is 0. The Morgan fingerprint density at radius 2 is 0.627 bits per heavy atom. The Kier molecular flexibility index (Phi) is 7.71. The summed E-state index contributed by atoms with van der Waals surface area (Å²) in [7, 11) is -13.8. The first-order valence-electron chi connectivity index (χ1n) is 14.4. The molecular formula is C33H21N3O12S3. The summed E-state index contributed by atoms with van der Waals surface area (Å²) >= 11 is 0. The van der Waals surface area contributed by atoms with Crippen LogP contribution in [0.25, 0.3) is 66.5 Å². The van der Waals surface area contributed by atoms with Gasteiger partial charge in [-0.25, -0.2) is 15.0 Å². The van der Waals surface area contributed by atoms with Gasteiger partial charge in [-0.1, -0.05) is 36.4 Å². The number of phenolic OH excluding ortho intramolecular Hbond substituents is 3. The molecular weight excluding hydrogens is 727 g/mol. The van der Waals surface area contributed by atoms with Crippen molar-refractivity contribution in [1.29, 1.82) is 0 Å². The number of rotatable bonds is 6. The average molecular weight is 748 g/mol. The predicted molar refractivity (Wildman–Crippen MR) is 183 cm³/mol. The number of phenols is 3. The standard InChI is InChI=1S/C33H21N3O12S3/c37-25-10-1-16-13-19(49(40,41)42)4-7-22(16)28(25)31-34-32(29-23-8-5-20(50(43,44)45)14-17(23)2-11-26(29)38)36-33(35-31)30-24-9-6-21(51(46,47)48)15-18(24)3-12-27(30)39/h1-15,37-39H,(H,40,41,42)(H,43,44,45)(H,46,47,48). The zero-order valence-electron chi connectivity index (χ0n) is 25.4. The van der Waals surface area contributed by atoms with Gasteiger partial charge in [0.1, 0.15) is 17.2 Å². The third-order valence-corrected chi connectivity index (χ3v) is 10.7. The number of aromatic nitrogens is 3. The van der Waals surface area contributed by atoms with Gasteiger partial charge in [-0.15, -0.1) is 0 Å². The second-order valence-electron chi connectivity index (χ2n) is 11.3. The molecule has 0 bridgehead atoms.